The molecule has 1 aliphatic carbocycles. The van der Waals surface area contributed by atoms with Gasteiger partial charge in [0.15, 0.2) is 0 Å². The van der Waals surface area contributed by atoms with Gasteiger partial charge >= 0.3 is 0 Å². The molecule has 0 amide bonds. The van der Waals surface area contributed by atoms with Gasteiger partial charge in [-0.2, -0.15) is 0 Å². The van der Waals surface area contributed by atoms with Gasteiger partial charge in [0.2, 0.25) is 0 Å². The van der Waals surface area contributed by atoms with Gasteiger partial charge < -0.3 is 0 Å². The molecule has 2 unspecified atom stereocenters. The van der Waals surface area contributed by atoms with E-state index in [2.05, 4.69) is 4.90 Å². The highest BCUT2D eigenvalue weighted by Gasteiger charge is 2.34. The van der Waals surface area contributed by atoms with Crippen LogP contribution in [-0.2, 0) is 0 Å². The normalized spacial score (nSPS) is 40.9. The fraction of sp³-hybridized carbons (Fsp3) is 1.00. The van der Waals surface area contributed by atoms with Crippen LogP contribution in [0.4, 0.5) is 4.39 Å². The van der Waals surface area contributed by atoms with Crippen molar-refractivity contribution in [3.8, 4) is 0 Å². The molecule has 0 bridgehead atoms. The summed E-state index contributed by atoms with van der Waals surface area (Å²) in [5.41, 5.74) is 0. The molecule has 0 aromatic heterocycles. The maximum absolute atomic E-state index is 13.2. The van der Waals surface area contributed by atoms with E-state index < -0.39 is 6.17 Å². The van der Waals surface area contributed by atoms with Crippen LogP contribution >= 0.6 is 0 Å². The third kappa shape index (κ3) is 1.56. The monoisotopic (exact) mass is 157 g/mol. The average molecular weight is 157 g/mol. The molecule has 2 aliphatic rings. The minimum Gasteiger partial charge on any atom is -0.297 e. The van der Waals surface area contributed by atoms with Crippen LogP contribution in [-0.4, -0.2) is 30.2 Å². The second-order valence-corrected chi connectivity index (χ2v) is 4.01. The van der Waals surface area contributed by atoms with Gasteiger partial charge in [0.1, 0.15) is 6.17 Å². The molecule has 64 valence electrons. The smallest absolute Gasteiger partial charge is 0.115 e. The highest BCUT2D eigenvalue weighted by atomic mass is 19.1. The summed E-state index contributed by atoms with van der Waals surface area (Å²) < 4.78 is 13.2. The summed E-state index contributed by atoms with van der Waals surface area (Å²) in [5, 5.41) is 0. The SMILES string of the molecule is CC1CCN(C2CC2)CC1F. The van der Waals surface area contributed by atoms with E-state index in [0.717, 1.165) is 19.0 Å². The van der Waals surface area contributed by atoms with Crippen molar-refractivity contribution in [2.75, 3.05) is 13.1 Å². The van der Waals surface area contributed by atoms with Crippen molar-refractivity contribution in [1.29, 1.82) is 0 Å². The van der Waals surface area contributed by atoms with Crippen molar-refractivity contribution in [1.82, 2.24) is 4.90 Å². The van der Waals surface area contributed by atoms with Gasteiger partial charge in [-0.3, -0.25) is 4.90 Å². The van der Waals surface area contributed by atoms with Crippen molar-refractivity contribution < 1.29 is 4.39 Å². The van der Waals surface area contributed by atoms with E-state index in [9.17, 15) is 4.39 Å². The molecule has 0 N–H and O–H groups in total. The fourth-order valence-corrected chi connectivity index (χ4v) is 1.82. The second kappa shape index (κ2) is 2.74. The molecule has 1 aliphatic heterocycles. The van der Waals surface area contributed by atoms with Crippen LogP contribution in [0, 0.1) is 5.92 Å². The van der Waals surface area contributed by atoms with E-state index >= 15 is 0 Å². The zero-order valence-electron chi connectivity index (χ0n) is 7.09. The molecule has 2 rings (SSSR count). The van der Waals surface area contributed by atoms with Gasteiger partial charge in [-0.1, -0.05) is 6.92 Å². The Kier molecular flexibility index (Phi) is 1.88. The van der Waals surface area contributed by atoms with Crippen LogP contribution in [0.1, 0.15) is 26.2 Å². The molecular weight excluding hydrogens is 141 g/mol. The molecule has 0 aromatic rings. The Morgan fingerprint density at radius 1 is 1.27 bits per heavy atom. The van der Waals surface area contributed by atoms with Crippen LogP contribution < -0.4 is 0 Å². The lowest BCUT2D eigenvalue weighted by Gasteiger charge is -2.32. The summed E-state index contributed by atoms with van der Waals surface area (Å²) in [5.74, 6) is 0.296. The first-order valence-corrected chi connectivity index (χ1v) is 4.65. The van der Waals surface area contributed by atoms with Crippen molar-refractivity contribution in [3.05, 3.63) is 0 Å². The summed E-state index contributed by atoms with van der Waals surface area (Å²) in [4.78, 5) is 2.32. The third-order valence-corrected chi connectivity index (χ3v) is 2.96. The van der Waals surface area contributed by atoms with Crippen LogP contribution in [0.3, 0.4) is 0 Å². The summed E-state index contributed by atoms with van der Waals surface area (Å²) >= 11 is 0. The first kappa shape index (κ1) is 7.53. The molecule has 2 heteroatoms. The minimum absolute atomic E-state index is 0.296. The van der Waals surface area contributed by atoms with Crippen molar-refractivity contribution in [2.24, 2.45) is 5.92 Å². The Morgan fingerprint density at radius 2 is 2.00 bits per heavy atom. The lowest BCUT2D eigenvalue weighted by atomic mass is 9.97. The van der Waals surface area contributed by atoms with E-state index in [0.29, 0.717) is 12.5 Å². The summed E-state index contributed by atoms with van der Waals surface area (Å²) in [7, 11) is 0. The number of nitrogens with zero attached hydrogens (tertiary/aromatic N) is 1. The predicted molar refractivity (Wildman–Crippen MR) is 43.3 cm³/mol. The predicted octanol–water partition coefficient (Wildman–Crippen LogP) is 1.83. The summed E-state index contributed by atoms with van der Waals surface area (Å²) in [6.45, 7) is 3.85. The van der Waals surface area contributed by atoms with E-state index in [1.807, 2.05) is 6.92 Å². The average Bonchev–Trinajstić information content (AvgIpc) is 2.77. The van der Waals surface area contributed by atoms with E-state index in [1.165, 1.54) is 12.8 Å². The molecule has 1 heterocycles. The molecule has 0 spiro atoms. The zero-order valence-corrected chi connectivity index (χ0v) is 7.09. The molecule has 2 atom stereocenters. The molecular formula is C9H16FN. The number of likely N-dealkylation sites (tertiary alicyclic amines) is 1. The highest BCUT2D eigenvalue weighted by molar-refractivity contribution is 4.89. The zero-order chi connectivity index (χ0) is 7.84. The maximum atomic E-state index is 13.2. The number of hydrogen-bond acceptors (Lipinski definition) is 1. The Labute approximate surface area is 67.6 Å². The molecule has 1 saturated heterocycles. The van der Waals surface area contributed by atoms with Crippen molar-refractivity contribution >= 4 is 0 Å². The van der Waals surface area contributed by atoms with Gasteiger partial charge in [0.05, 0.1) is 0 Å². The number of alkyl halides is 1. The molecule has 1 saturated carbocycles. The first-order valence-electron chi connectivity index (χ1n) is 4.65. The molecule has 11 heavy (non-hydrogen) atoms. The maximum Gasteiger partial charge on any atom is 0.115 e. The topological polar surface area (TPSA) is 3.24 Å². The van der Waals surface area contributed by atoms with E-state index in [1.54, 1.807) is 0 Å². The van der Waals surface area contributed by atoms with Crippen LogP contribution in [0.5, 0.6) is 0 Å². The van der Waals surface area contributed by atoms with Crippen LogP contribution in [0.25, 0.3) is 0 Å². The first-order chi connectivity index (χ1) is 5.27. The van der Waals surface area contributed by atoms with Crippen LogP contribution in [0.2, 0.25) is 0 Å². The number of rotatable bonds is 1. The van der Waals surface area contributed by atoms with Crippen molar-refractivity contribution in [3.63, 3.8) is 0 Å². The van der Waals surface area contributed by atoms with Gasteiger partial charge in [0, 0.05) is 12.6 Å². The lowest BCUT2D eigenvalue weighted by molar-refractivity contribution is 0.0882. The Bertz CT molecular complexity index is 144. The largest absolute Gasteiger partial charge is 0.297 e. The minimum atomic E-state index is -0.565. The molecule has 0 aromatic carbocycles. The lowest BCUT2D eigenvalue weighted by Crippen LogP contribution is -2.41. The summed E-state index contributed by atoms with van der Waals surface area (Å²) in [6, 6.07) is 0.751. The number of hydrogen-bond donors (Lipinski definition) is 0. The second-order valence-electron chi connectivity index (χ2n) is 4.01. The number of piperidine rings is 1. The Hall–Kier alpha value is -0.110. The Balaban J connectivity index is 1.86. The van der Waals surface area contributed by atoms with Gasteiger partial charge in [-0.05, 0) is 31.7 Å². The quantitative estimate of drug-likeness (QED) is 0.561. The fourth-order valence-electron chi connectivity index (χ4n) is 1.82. The Morgan fingerprint density at radius 3 is 2.55 bits per heavy atom. The summed E-state index contributed by atoms with van der Waals surface area (Å²) in [6.07, 6.45) is 3.10. The molecule has 0 radical (unpaired) electrons. The van der Waals surface area contributed by atoms with Gasteiger partial charge in [0.25, 0.3) is 0 Å². The van der Waals surface area contributed by atoms with Gasteiger partial charge in [-0.15, -0.1) is 0 Å². The van der Waals surface area contributed by atoms with E-state index in [-0.39, 0.29) is 0 Å². The van der Waals surface area contributed by atoms with Crippen LogP contribution in [0.15, 0.2) is 0 Å². The third-order valence-electron chi connectivity index (χ3n) is 2.96. The van der Waals surface area contributed by atoms with E-state index in [4.69, 9.17) is 0 Å². The highest BCUT2D eigenvalue weighted by Crippen LogP contribution is 2.31. The molecule has 1 nitrogen and oxygen atoms in total. The van der Waals surface area contributed by atoms with Gasteiger partial charge in [-0.25, -0.2) is 4.39 Å². The molecule has 2 fully saturated rings. The standard InChI is InChI=1S/C9H16FN/c1-7-4-5-11(6-9(7)10)8-2-3-8/h7-9H,2-6H2,1H3. The van der Waals surface area contributed by atoms with Crippen molar-refractivity contribution in [2.45, 2.75) is 38.4 Å². The number of halogens is 1.